The molecule has 4 rings (SSSR count). The zero-order valence-corrected chi connectivity index (χ0v) is 15.5. The summed E-state index contributed by atoms with van der Waals surface area (Å²) in [7, 11) is 0. The maximum absolute atomic E-state index is 5.55. The molecule has 0 saturated carbocycles. The summed E-state index contributed by atoms with van der Waals surface area (Å²) in [5.74, 6) is 2.57. The highest BCUT2D eigenvalue weighted by atomic mass is 16.5. The fourth-order valence-electron chi connectivity index (χ4n) is 3.38. The maximum atomic E-state index is 5.55. The van der Waals surface area contributed by atoms with E-state index in [4.69, 9.17) is 8.94 Å². The van der Waals surface area contributed by atoms with Crippen molar-refractivity contribution in [2.45, 2.75) is 65.3 Å². The lowest BCUT2D eigenvalue weighted by atomic mass is 9.89. The summed E-state index contributed by atoms with van der Waals surface area (Å²) in [6.07, 6.45) is 6.05. The minimum absolute atomic E-state index is 0.190. The zero-order chi connectivity index (χ0) is 18.1. The SMILES string of the molecule is CCCc1nc(-c2noc(C3CCc4nnn(CC(C)C)c4C3)n2)co1. The van der Waals surface area contributed by atoms with Gasteiger partial charge in [0, 0.05) is 25.3 Å². The van der Waals surface area contributed by atoms with Crippen molar-refractivity contribution in [3.63, 3.8) is 0 Å². The minimum Gasteiger partial charge on any atom is -0.448 e. The number of fused-ring (bicyclic) bond motifs is 1. The van der Waals surface area contributed by atoms with Gasteiger partial charge >= 0.3 is 0 Å². The van der Waals surface area contributed by atoms with E-state index in [9.17, 15) is 0 Å². The van der Waals surface area contributed by atoms with E-state index in [1.54, 1.807) is 6.26 Å². The van der Waals surface area contributed by atoms with Crippen LogP contribution in [0.25, 0.3) is 11.5 Å². The number of hydrogen-bond acceptors (Lipinski definition) is 7. The largest absolute Gasteiger partial charge is 0.448 e. The summed E-state index contributed by atoms with van der Waals surface area (Å²) in [6.45, 7) is 7.34. The second-order valence-corrected chi connectivity index (χ2v) is 7.33. The third-order valence-electron chi connectivity index (χ3n) is 4.66. The van der Waals surface area contributed by atoms with Crippen molar-refractivity contribution < 1.29 is 8.94 Å². The molecule has 0 aromatic carbocycles. The third-order valence-corrected chi connectivity index (χ3v) is 4.66. The van der Waals surface area contributed by atoms with Crippen LogP contribution in [0.4, 0.5) is 0 Å². The summed E-state index contributed by atoms with van der Waals surface area (Å²) in [5, 5.41) is 12.8. The van der Waals surface area contributed by atoms with E-state index in [1.807, 2.05) is 4.68 Å². The molecule has 0 fully saturated rings. The monoisotopic (exact) mass is 356 g/mol. The van der Waals surface area contributed by atoms with Crippen molar-refractivity contribution in [3.8, 4) is 11.5 Å². The lowest BCUT2D eigenvalue weighted by Gasteiger charge is -2.19. The molecule has 1 unspecified atom stereocenters. The highest BCUT2D eigenvalue weighted by molar-refractivity contribution is 5.45. The quantitative estimate of drug-likeness (QED) is 0.669. The first-order valence-corrected chi connectivity index (χ1v) is 9.33. The zero-order valence-electron chi connectivity index (χ0n) is 15.5. The van der Waals surface area contributed by atoms with Crippen molar-refractivity contribution >= 4 is 0 Å². The Kier molecular flexibility index (Phi) is 4.57. The number of oxazole rings is 1. The van der Waals surface area contributed by atoms with Crippen LogP contribution in [-0.2, 0) is 25.8 Å². The van der Waals surface area contributed by atoms with Crippen molar-refractivity contribution in [1.29, 1.82) is 0 Å². The molecule has 0 radical (unpaired) electrons. The molecule has 0 saturated heterocycles. The lowest BCUT2D eigenvalue weighted by molar-refractivity contribution is 0.335. The molecule has 138 valence electrons. The molecule has 3 aromatic rings. The van der Waals surface area contributed by atoms with Gasteiger partial charge in [-0.15, -0.1) is 5.10 Å². The number of rotatable bonds is 6. The van der Waals surface area contributed by atoms with Gasteiger partial charge in [-0.25, -0.2) is 9.67 Å². The highest BCUT2D eigenvalue weighted by Crippen LogP contribution is 2.32. The third kappa shape index (κ3) is 3.27. The normalized spacial score (nSPS) is 17.0. The van der Waals surface area contributed by atoms with Crippen LogP contribution >= 0.6 is 0 Å². The molecule has 1 aliphatic rings. The average molecular weight is 356 g/mol. The Morgan fingerprint density at radius 3 is 3.00 bits per heavy atom. The van der Waals surface area contributed by atoms with Crippen molar-refractivity contribution in [3.05, 3.63) is 29.4 Å². The fourth-order valence-corrected chi connectivity index (χ4v) is 3.38. The first-order chi connectivity index (χ1) is 12.6. The second-order valence-electron chi connectivity index (χ2n) is 7.33. The van der Waals surface area contributed by atoms with Gasteiger partial charge in [0.1, 0.15) is 12.0 Å². The van der Waals surface area contributed by atoms with Crippen LogP contribution in [0.15, 0.2) is 15.2 Å². The summed E-state index contributed by atoms with van der Waals surface area (Å²) in [4.78, 5) is 9.00. The Morgan fingerprint density at radius 2 is 2.19 bits per heavy atom. The van der Waals surface area contributed by atoms with Crippen LogP contribution in [0.1, 0.15) is 62.7 Å². The molecule has 0 aliphatic heterocycles. The summed E-state index contributed by atoms with van der Waals surface area (Å²) >= 11 is 0. The fraction of sp³-hybridized carbons (Fsp3) is 0.611. The van der Waals surface area contributed by atoms with Crippen molar-refractivity contribution in [1.82, 2.24) is 30.1 Å². The molecule has 3 heterocycles. The predicted octanol–water partition coefficient (Wildman–Crippen LogP) is 3.20. The molecule has 0 N–H and O–H groups in total. The Hall–Kier alpha value is -2.51. The Morgan fingerprint density at radius 1 is 1.31 bits per heavy atom. The van der Waals surface area contributed by atoms with Gasteiger partial charge in [0.15, 0.2) is 5.89 Å². The molecule has 0 bridgehead atoms. The molecular weight excluding hydrogens is 332 g/mol. The molecular formula is C18H24N6O2. The van der Waals surface area contributed by atoms with Crippen LogP contribution in [0.2, 0.25) is 0 Å². The molecule has 1 aliphatic carbocycles. The van der Waals surface area contributed by atoms with E-state index >= 15 is 0 Å². The molecule has 0 amide bonds. The number of hydrogen-bond donors (Lipinski definition) is 0. The Balaban J connectivity index is 1.52. The standard InChI is InChI=1S/C18H24N6O2/c1-4-5-16-19-14(10-25-16)17-20-18(26-22-17)12-6-7-13-15(8-12)24(23-21-13)9-11(2)3/h10-12H,4-9H2,1-3H3. The van der Waals surface area contributed by atoms with E-state index in [0.717, 1.165) is 44.3 Å². The maximum Gasteiger partial charge on any atom is 0.230 e. The molecule has 0 spiro atoms. The van der Waals surface area contributed by atoms with E-state index in [-0.39, 0.29) is 5.92 Å². The van der Waals surface area contributed by atoms with Crippen molar-refractivity contribution in [2.75, 3.05) is 0 Å². The summed E-state index contributed by atoms with van der Waals surface area (Å²) < 4.78 is 13.0. The van der Waals surface area contributed by atoms with Gasteiger partial charge in [-0.2, -0.15) is 4.98 Å². The van der Waals surface area contributed by atoms with Gasteiger partial charge in [0.2, 0.25) is 11.7 Å². The van der Waals surface area contributed by atoms with Crippen molar-refractivity contribution in [2.24, 2.45) is 5.92 Å². The van der Waals surface area contributed by atoms with E-state index in [0.29, 0.717) is 29.2 Å². The van der Waals surface area contributed by atoms with E-state index < -0.39 is 0 Å². The van der Waals surface area contributed by atoms with Gasteiger partial charge < -0.3 is 8.94 Å². The molecule has 8 nitrogen and oxygen atoms in total. The lowest BCUT2D eigenvalue weighted by Crippen LogP contribution is -2.18. The van der Waals surface area contributed by atoms with Gasteiger partial charge in [-0.05, 0) is 25.2 Å². The molecule has 8 heteroatoms. The van der Waals surface area contributed by atoms with E-state index in [2.05, 4.69) is 46.2 Å². The minimum atomic E-state index is 0.190. The van der Waals surface area contributed by atoms with Gasteiger partial charge in [-0.3, -0.25) is 0 Å². The van der Waals surface area contributed by atoms with Gasteiger partial charge in [-0.1, -0.05) is 31.1 Å². The molecule has 1 atom stereocenters. The van der Waals surface area contributed by atoms with Crippen LogP contribution in [0.5, 0.6) is 0 Å². The topological polar surface area (TPSA) is 95.7 Å². The summed E-state index contributed by atoms with van der Waals surface area (Å²) in [6, 6.07) is 0. The Labute approximate surface area is 152 Å². The molecule has 26 heavy (non-hydrogen) atoms. The summed E-state index contributed by atoms with van der Waals surface area (Å²) in [5.41, 5.74) is 2.93. The first-order valence-electron chi connectivity index (χ1n) is 9.33. The first kappa shape index (κ1) is 16.9. The second kappa shape index (κ2) is 7.01. The van der Waals surface area contributed by atoms with Crippen LogP contribution < -0.4 is 0 Å². The molecule has 3 aromatic heterocycles. The average Bonchev–Trinajstić information content (AvgIpc) is 3.34. The smallest absolute Gasteiger partial charge is 0.230 e. The van der Waals surface area contributed by atoms with Gasteiger partial charge in [0.25, 0.3) is 0 Å². The van der Waals surface area contributed by atoms with Crippen LogP contribution in [-0.4, -0.2) is 30.1 Å². The number of nitrogens with zero attached hydrogens (tertiary/aromatic N) is 6. The Bertz CT molecular complexity index is 878. The van der Waals surface area contributed by atoms with E-state index in [1.165, 1.54) is 5.69 Å². The number of aryl methyl sites for hydroxylation is 2. The predicted molar refractivity (Wildman–Crippen MR) is 93.4 cm³/mol. The van der Waals surface area contributed by atoms with Crippen LogP contribution in [0, 0.1) is 5.92 Å². The number of aromatic nitrogens is 6. The highest BCUT2D eigenvalue weighted by Gasteiger charge is 2.29. The van der Waals surface area contributed by atoms with Crippen LogP contribution in [0.3, 0.4) is 0 Å². The van der Waals surface area contributed by atoms with Gasteiger partial charge in [0.05, 0.1) is 11.4 Å².